The average molecular weight is 474 g/mol. The molecule has 0 bridgehead atoms. The summed E-state index contributed by atoms with van der Waals surface area (Å²) < 4.78 is 42.1. The van der Waals surface area contributed by atoms with Crippen LogP contribution in [0.5, 0.6) is 0 Å². The van der Waals surface area contributed by atoms with Crippen molar-refractivity contribution in [3.05, 3.63) is 114 Å². The molecule has 0 atom stereocenters. The summed E-state index contributed by atoms with van der Waals surface area (Å²) in [5.74, 6) is 0. The topological polar surface area (TPSA) is 0 Å². The average Bonchev–Trinajstić information content (AvgIpc) is 2.95. The van der Waals surface area contributed by atoms with Gasteiger partial charge >= 0.3 is 6.18 Å². The lowest BCUT2D eigenvalue weighted by molar-refractivity contribution is -0.136. The van der Waals surface area contributed by atoms with Crippen molar-refractivity contribution in [2.24, 2.45) is 0 Å². The van der Waals surface area contributed by atoms with Gasteiger partial charge in [0.1, 0.15) is 0 Å². The molecule has 6 aromatic rings. The van der Waals surface area contributed by atoms with E-state index in [4.69, 9.17) is 0 Å². The first-order valence-corrected chi connectivity index (χ1v) is 12.2. The molecule has 174 valence electrons. The lowest BCUT2D eigenvalue weighted by Crippen LogP contribution is -2.53. The summed E-state index contributed by atoms with van der Waals surface area (Å²) in [6.07, 6.45) is -4.41. The number of fused-ring (bicyclic) bond motifs is 1. The van der Waals surface area contributed by atoms with Crippen molar-refractivity contribution in [1.82, 2.24) is 0 Å². The van der Waals surface area contributed by atoms with Gasteiger partial charge in [-0.15, -0.1) is 0 Å². The zero-order chi connectivity index (χ0) is 24.8. The Morgan fingerprint density at radius 3 is 2.08 bits per heavy atom. The third kappa shape index (κ3) is 2.79. The first-order chi connectivity index (χ1) is 17.3. The summed E-state index contributed by atoms with van der Waals surface area (Å²) in [6.45, 7) is 4.44. The van der Waals surface area contributed by atoms with Gasteiger partial charge in [-0.1, -0.05) is 121 Å². The second-order valence-corrected chi connectivity index (χ2v) is 10.4. The normalized spacial score (nSPS) is 15.0. The molecule has 36 heavy (non-hydrogen) atoms. The molecule has 0 saturated heterocycles. The number of benzene rings is 6. The summed E-state index contributed by atoms with van der Waals surface area (Å²) in [5.41, 5.74) is 5.07. The summed E-state index contributed by atoms with van der Waals surface area (Å²) in [5, 5.41) is 4.82. The van der Waals surface area contributed by atoms with E-state index in [0.29, 0.717) is 5.39 Å². The minimum absolute atomic E-state index is 0.0285. The molecule has 0 spiro atoms. The highest BCUT2D eigenvalue weighted by molar-refractivity contribution is 6.97. The molecular weight excluding hydrogens is 452 g/mol. The van der Waals surface area contributed by atoms with Crippen molar-refractivity contribution in [2.45, 2.75) is 25.4 Å². The molecule has 0 fully saturated rings. The van der Waals surface area contributed by atoms with Crippen molar-refractivity contribution in [3.63, 3.8) is 0 Å². The molecule has 0 amide bonds. The standard InChI is InChI=1S/C32H22BF3/c1-31(2)24-10-6-7-11-26(24)33(21-8-4-3-5-9-21)27-18-20-14-16-23(32(34,35)36)22-15-12-19-13-17-25(31)30(27)29(19)28(20)22/h3-18H,1-2H3. The zero-order valence-electron chi connectivity index (χ0n) is 19.9. The Balaban J connectivity index is 1.74. The van der Waals surface area contributed by atoms with Gasteiger partial charge in [-0.2, -0.15) is 13.2 Å². The van der Waals surface area contributed by atoms with Crippen LogP contribution in [0.3, 0.4) is 0 Å². The van der Waals surface area contributed by atoms with E-state index in [9.17, 15) is 13.2 Å². The Labute approximate surface area is 207 Å². The van der Waals surface area contributed by atoms with Gasteiger partial charge in [0, 0.05) is 5.41 Å². The Kier molecular flexibility index (Phi) is 4.26. The van der Waals surface area contributed by atoms with E-state index in [1.165, 1.54) is 22.6 Å². The Hall–Kier alpha value is -3.79. The molecule has 6 aromatic carbocycles. The summed E-state index contributed by atoms with van der Waals surface area (Å²) in [7, 11) is 0. The van der Waals surface area contributed by atoms with Crippen molar-refractivity contribution < 1.29 is 13.2 Å². The lowest BCUT2D eigenvalue weighted by atomic mass is 9.35. The van der Waals surface area contributed by atoms with Gasteiger partial charge in [0.05, 0.1) is 5.56 Å². The maximum absolute atomic E-state index is 14.0. The molecule has 0 N–H and O–H groups in total. The highest BCUT2D eigenvalue weighted by atomic mass is 19.4. The van der Waals surface area contributed by atoms with Crippen LogP contribution in [0.1, 0.15) is 30.5 Å². The van der Waals surface area contributed by atoms with E-state index in [0.717, 1.165) is 32.6 Å². The summed E-state index contributed by atoms with van der Waals surface area (Å²) >= 11 is 0. The Morgan fingerprint density at radius 2 is 1.31 bits per heavy atom. The Morgan fingerprint density at radius 1 is 0.611 bits per heavy atom. The van der Waals surface area contributed by atoms with Crippen LogP contribution in [0.15, 0.2) is 97.1 Å². The fourth-order valence-corrected chi connectivity index (χ4v) is 6.58. The number of hydrogen-bond donors (Lipinski definition) is 0. The van der Waals surface area contributed by atoms with Gasteiger partial charge in [0.2, 0.25) is 6.71 Å². The fraction of sp³-hybridized carbons (Fsp3) is 0.125. The third-order valence-electron chi connectivity index (χ3n) is 8.16. The highest BCUT2D eigenvalue weighted by Gasteiger charge is 2.39. The van der Waals surface area contributed by atoms with E-state index in [2.05, 4.69) is 80.6 Å². The van der Waals surface area contributed by atoms with Crippen LogP contribution < -0.4 is 16.4 Å². The monoisotopic (exact) mass is 474 g/mol. The molecule has 1 aliphatic heterocycles. The van der Waals surface area contributed by atoms with Crippen LogP contribution in [0.25, 0.3) is 32.3 Å². The van der Waals surface area contributed by atoms with E-state index >= 15 is 0 Å². The van der Waals surface area contributed by atoms with Gasteiger partial charge in [0.15, 0.2) is 0 Å². The van der Waals surface area contributed by atoms with Crippen LogP contribution in [-0.2, 0) is 11.6 Å². The Bertz CT molecular complexity index is 1800. The first-order valence-electron chi connectivity index (χ1n) is 12.2. The molecule has 0 nitrogen and oxygen atoms in total. The predicted octanol–water partition coefficient (Wildman–Crippen LogP) is 6.76. The second kappa shape index (κ2) is 7.13. The van der Waals surface area contributed by atoms with E-state index < -0.39 is 11.7 Å². The van der Waals surface area contributed by atoms with Gasteiger partial charge in [-0.3, -0.25) is 0 Å². The van der Waals surface area contributed by atoms with E-state index in [1.807, 2.05) is 12.1 Å². The van der Waals surface area contributed by atoms with Gasteiger partial charge in [0.25, 0.3) is 0 Å². The zero-order valence-corrected chi connectivity index (χ0v) is 19.9. The molecule has 0 aliphatic carbocycles. The molecule has 0 unspecified atom stereocenters. The molecular formula is C32H22BF3. The maximum Gasteiger partial charge on any atom is 0.417 e. The van der Waals surface area contributed by atoms with Crippen LogP contribution in [0.4, 0.5) is 13.2 Å². The molecule has 1 heterocycles. The fourth-order valence-electron chi connectivity index (χ4n) is 6.58. The van der Waals surface area contributed by atoms with Crippen molar-refractivity contribution >= 4 is 55.4 Å². The van der Waals surface area contributed by atoms with E-state index in [1.54, 1.807) is 12.1 Å². The largest absolute Gasteiger partial charge is 0.417 e. The van der Waals surface area contributed by atoms with Gasteiger partial charge in [-0.05, 0) is 49.5 Å². The molecule has 7 rings (SSSR count). The quantitative estimate of drug-likeness (QED) is 0.183. The molecule has 4 heteroatoms. The molecule has 0 aromatic heterocycles. The number of hydrogen-bond acceptors (Lipinski definition) is 0. The maximum atomic E-state index is 14.0. The third-order valence-corrected chi connectivity index (χ3v) is 8.16. The summed E-state index contributed by atoms with van der Waals surface area (Å²) in [4.78, 5) is 0. The smallest absolute Gasteiger partial charge is 0.166 e. The molecule has 0 saturated carbocycles. The van der Waals surface area contributed by atoms with Crippen molar-refractivity contribution in [3.8, 4) is 0 Å². The van der Waals surface area contributed by atoms with Gasteiger partial charge < -0.3 is 0 Å². The van der Waals surface area contributed by atoms with Crippen LogP contribution >= 0.6 is 0 Å². The lowest BCUT2D eigenvalue weighted by Gasteiger charge is -2.29. The summed E-state index contributed by atoms with van der Waals surface area (Å²) in [6, 6.07) is 31.8. The van der Waals surface area contributed by atoms with Crippen molar-refractivity contribution in [1.29, 1.82) is 0 Å². The van der Waals surface area contributed by atoms with Crippen LogP contribution in [0, 0.1) is 0 Å². The van der Waals surface area contributed by atoms with Gasteiger partial charge in [-0.25, -0.2) is 0 Å². The number of rotatable bonds is 1. The SMILES string of the molecule is CC1(C)c2ccccc2B(c2ccccc2)c2cc3ccc(C(F)(F)F)c4ccc5ccc1c2c5c34. The van der Waals surface area contributed by atoms with Crippen molar-refractivity contribution in [2.75, 3.05) is 0 Å². The van der Waals surface area contributed by atoms with E-state index in [-0.39, 0.29) is 17.5 Å². The van der Waals surface area contributed by atoms with Crippen LogP contribution in [0.2, 0.25) is 0 Å². The minimum atomic E-state index is -4.41. The number of alkyl halides is 3. The number of halogens is 3. The van der Waals surface area contributed by atoms with Crippen LogP contribution in [-0.4, -0.2) is 6.71 Å². The highest BCUT2D eigenvalue weighted by Crippen LogP contribution is 2.45. The predicted molar refractivity (Wildman–Crippen MR) is 145 cm³/mol. The first kappa shape index (κ1) is 21.5. The molecule has 0 radical (unpaired) electrons. The second-order valence-electron chi connectivity index (χ2n) is 10.4. The molecule has 1 aliphatic rings. The minimum Gasteiger partial charge on any atom is -0.166 e.